The Balaban J connectivity index is 0. The summed E-state index contributed by atoms with van der Waals surface area (Å²) < 4.78 is 0. The summed E-state index contributed by atoms with van der Waals surface area (Å²) in [5, 5.41) is 6.52. The van der Waals surface area contributed by atoms with Gasteiger partial charge in [-0.15, -0.1) is 0 Å². The normalized spacial score (nSPS) is 12.8. The van der Waals surface area contributed by atoms with Crippen molar-refractivity contribution in [1.29, 1.82) is 0 Å². The third kappa shape index (κ3) is 13.4. The Kier molecular flexibility index (Phi) is 18.7. The molecule has 0 heterocycles. The highest BCUT2D eigenvalue weighted by Gasteiger charge is 2.16. The molecule has 0 aliphatic rings. The lowest BCUT2D eigenvalue weighted by Gasteiger charge is -2.25. The summed E-state index contributed by atoms with van der Waals surface area (Å²) in [6.45, 7) is 15.2. The van der Waals surface area contributed by atoms with Gasteiger partial charge in [-0.3, -0.25) is 0 Å². The lowest BCUT2D eigenvalue weighted by Crippen LogP contribution is -2.47. The number of hydrogen-bond donors (Lipinski definition) is 2. The number of rotatable bonds is 12. The second kappa shape index (κ2) is 17.6. The fraction of sp³-hybridized carbons (Fsp3) is 0.947. The molecule has 1 unspecified atom stereocenters. The quantitative estimate of drug-likeness (QED) is 0.547. The predicted octanol–water partition coefficient (Wildman–Crippen LogP) is 4.65. The molecule has 0 aromatic carbocycles. The van der Waals surface area contributed by atoms with Crippen LogP contribution in [0.5, 0.6) is 0 Å². The predicted molar refractivity (Wildman–Crippen MR) is 103 cm³/mol. The van der Waals surface area contributed by atoms with Crippen molar-refractivity contribution in [2.75, 3.05) is 26.7 Å². The minimum Gasteiger partial charge on any atom is -0.334 e. The third-order valence-electron chi connectivity index (χ3n) is 4.26. The van der Waals surface area contributed by atoms with Crippen LogP contribution < -0.4 is 10.6 Å². The molecule has 4 nitrogen and oxygen atoms in total. The topological polar surface area (TPSA) is 44.4 Å². The number of nitrogens with zero attached hydrogens (tertiary/aromatic N) is 1. The maximum Gasteiger partial charge on any atom is 0.317 e. The van der Waals surface area contributed by atoms with E-state index >= 15 is 0 Å². The van der Waals surface area contributed by atoms with Gasteiger partial charge in [0.25, 0.3) is 0 Å². The first-order chi connectivity index (χ1) is 11.1. The van der Waals surface area contributed by atoms with Crippen LogP contribution in [-0.2, 0) is 0 Å². The van der Waals surface area contributed by atoms with E-state index in [2.05, 4.69) is 31.4 Å². The van der Waals surface area contributed by atoms with Gasteiger partial charge in [0, 0.05) is 26.2 Å². The molecule has 0 aromatic rings. The van der Waals surface area contributed by atoms with Crippen molar-refractivity contribution in [2.24, 2.45) is 5.92 Å². The SMILES string of the molecule is CC.CCCCC(CC)CC[C@@H](CNCC)NC(=O)N(C)CC. The Labute approximate surface area is 145 Å². The van der Waals surface area contributed by atoms with Crippen molar-refractivity contribution in [2.45, 2.75) is 86.1 Å². The molecule has 2 atom stereocenters. The smallest absolute Gasteiger partial charge is 0.317 e. The second-order valence-electron chi connectivity index (χ2n) is 5.96. The maximum absolute atomic E-state index is 12.0. The van der Waals surface area contributed by atoms with Crippen LogP contribution in [-0.4, -0.2) is 43.7 Å². The molecule has 140 valence electrons. The molecule has 0 saturated heterocycles. The number of amides is 2. The molecular formula is C19H43N3O. The maximum atomic E-state index is 12.0. The van der Waals surface area contributed by atoms with Gasteiger partial charge < -0.3 is 15.5 Å². The molecule has 2 amide bonds. The van der Waals surface area contributed by atoms with Crippen LogP contribution >= 0.6 is 0 Å². The first kappa shape index (κ1) is 24.5. The van der Waals surface area contributed by atoms with Crippen LogP contribution in [0.25, 0.3) is 0 Å². The van der Waals surface area contributed by atoms with E-state index in [9.17, 15) is 4.79 Å². The lowest BCUT2D eigenvalue weighted by molar-refractivity contribution is 0.204. The van der Waals surface area contributed by atoms with E-state index in [1.165, 1.54) is 32.1 Å². The fourth-order valence-corrected chi connectivity index (χ4v) is 2.45. The molecule has 23 heavy (non-hydrogen) atoms. The van der Waals surface area contributed by atoms with E-state index < -0.39 is 0 Å². The summed E-state index contributed by atoms with van der Waals surface area (Å²) >= 11 is 0. The van der Waals surface area contributed by atoms with Gasteiger partial charge in [0.1, 0.15) is 0 Å². The lowest BCUT2D eigenvalue weighted by atomic mass is 9.92. The molecule has 0 bridgehead atoms. The van der Waals surface area contributed by atoms with Gasteiger partial charge in [0.05, 0.1) is 0 Å². The summed E-state index contributed by atoms with van der Waals surface area (Å²) in [5.41, 5.74) is 0. The third-order valence-corrected chi connectivity index (χ3v) is 4.26. The van der Waals surface area contributed by atoms with Gasteiger partial charge in [0.2, 0.25) is 0 Å². The highest BCUT2D eigenvalue weighted by Crippen LogP contribution is 2.19. The van der Waals surface area contributed by atoms with E-state index in [4.69, 9.17) is 0 Å². The van der Waals surface area contributed by atoms with Crippen molar-refractivity contribution in [3.8, 4) is 0 Å². The minimum atomic E-state index is 0.0435. The Morgan fingerprint density at radius 2 is 1.70 bits per heavy atom. The number of hydrogen-bond acceptors (Lipinski definition) is 2. The second-order valence-corrected chi connectivity index (χ2v) is 5.96. The van der Waals surface area contributed by atoms with Crippen molar-refractivity contribution in [3.05, 3.63) is 0 Å². The largest absolute Gasteiger partial charge is 0.334 e. The summed E-state index contributed by atoms with van der Waals surface area (Å²) in [6.07, 6.45) is 7.44. The molecule has 0 aromatic heterocycles. The Morgan fingerprint density at radius 1 is 1.04 bits per heavy atom. The number of carbonyl (C=O) groups excluding carboxylic acids is 1. The van der Waals surface area contributed by atoms with Crippen LogP contribution in [0.1, 0.15) is 80.1 Å². The van der Waals surface area contributed by atoms with E-state index in [1.54, 1.807) is 4.90 Å². The van der Waals surface area contributed by atoms with Crippen molar-refractivity contribution in [1.82, 2.24) is 15.5 Å². The molecule has 0 aliphatic carbocycles. The highest BCUT2D eigenvalue weighted by atomic mass is 16.2. The number of carbonyl (C=O) groups is 1. The van der Waals surface area contributed by atoms with Crippen LogP contribution in [0.3, 0.4) is 0 Å². The van der Waals surface area contributed by atoms with E-state index in [0.717, 1.165) is 32.0 Å². The monoisotopic (exact) mass is 329 g/mol. The summed E-state index contributed by atoms with van der Waals surface area (Å²) in [7, 11) is 1.84. The van der Waals surface area contributed by atoms with E-state index in [-0.39, 0.29) is 12.1 Å². The number of nitrogens with one attached hydrogen (secondary N) is 2. The zero-order chi connectivity index (χ0) is 18.1. The number of urea groups is 1. The molecule has 2 N–H and O–H groups in total. The zero-order valence-corrected chi connectivity index (χ0v) is 16.9. The van der Waals surface area contributed by atoms with Crippen LogP contribution in [0.15, 0.2) is 0 Å². The molecule has 0 radical (unpaired) electrons. The summed E-state index contributed by atoms with van der Waals surface area (Å²) in [4.78, 5) is 13.8. The number of likely N-dealkylation sites (N-methyl/N-ethyl adjacent to an activating group) is 1. The molecule has 0 saturated carbocycles. The van der Waals surface area contributed by atoms with Crippen molar-refractivity contribution < 1.29 is 4.79 Å². The average molecular weight is 330 g/mol. The Bertz CT molecular complexity index is 259. The van der Waals surface area contributed by atoms with Gasteiger partial charge in [0.15, 0.2) is 0 Å². The summed E-state index contributed by atoms with van der Waals surface area (Å²) in [5.74, 6) is 0.801. The first-order valence-corrected chi connectivity index (χ1v) is 9.81. The Morgan fingerprint density at radius 3 is 2.17 bits per heavy atom. The highest BCUT2D eigenvalue weighted by molar-refractivity contribution is 5.74. The van der Waals surface area contributed by atoms with Crippen LogP contribution in [0.4, 0.5) is 4.79 Å². The fourth-order valence-electron chi connectivity index (χ4n) is 2.45. The first-order valence-electron chi connectivity index (χ1n) is 9.81. The van der Waals surface area contributed by atoms with Crippen molar-refractivity contribution >= 4 is 6.03 Å². The average Bonchev–Trinajstić information content (AvgIpc) is 2.60. The molecule has 0 aliphatic heterocycles. The van der Waals surface area contributed by atoms with Crippen molar-refractivity contribution in [3.63, 3.8) is 0 Å². The van der Waals surface area contributed by atoms with Gasteiger partial charge in [-0.25, -0.2) is 4.79 Å². The molecule has 4 heteroatoms. The minimum absolute atomic E-state index is 0.0435. The van der Waals surface area contributed by atoms with Crippen LogP contribution in [0, 0.1) is 5.92 Å². The molecular weight excluding hydrogens is 286 g/mol. The van der Waals surface area contributed by atoms with Crippen LogP contribution in [0.2, 0.25) is 0 Å². The number of unbranched alkanes of at least 4 members (excludes halogenated alkanes) is 1. The molecule has 0 rings (SSSR count). The van der Waals surface area contributed by atoms with E-state index in [1.807, 2.05) is 27.8 Å². The Hall–Kier alpha value is -0.770. The van der Waals surface area contributed by atoms with Gasteiger partial charge >= 0.3 is 6.03 Å². The standard InChI is InChI=1S/C17H37N3O.C2H6/c1-6-10-11-15(7-2)12-13-16(14-18-8-3)19-17(21)20(5)9-4;1-2/h15-16,18H,6-14H2,1-5H3,(H,19,21);1-2H3/t15?,16-;/m0./s1. The van der Waals surface area contributed by atoms with Gasteiger partial charge in [-0.05, 0) is 32.2 Å². The molecule has 0 fully saturated rings. The molecule has 0 spiro atoms. The van der Waals surface area contributed by atoms with Gasteiger partial charge in [-0.2, -0.15) is 0 Å². The van der Waals surface area contributed by atoms with E-state index in [0.29, 0.717) is 0 Å². The zero-order valence-electron chi connectivity index (χ0n) is 16.9. The van der Waals surface area contributed by atoms with Gasteiger partial charge in [-0.1, -0.05) is 60.3 Å². The summed E-state index contributed by atoms with van der Waals surface area (Å²) in [6, 6.07) is 0.282.